The Morgan fingerprint density at radius 1 is 0.935 bits per heavy atom. The molecule has 2 aromatic carbocycles. The summed E-state index contributed by atoms with van der Waals surface area (Å²) in [5, 5.41) is 5.63. The Labute approximate surface area is 179 Å². The Hall–Kier alpha value is -3.43. The molecule has 3 aromatic rings. The molecule has 160 valence electrons. The zero-order valence-corrected chi connectivity index (χ0v) is 17.3. The van der Waals surface area contributed by atoms with Gasteiger partial charge in [-0.1, -0.05) is 6.07 Å². The van der Waals surface area contributed by atoms with E-state index in [4.69, 9.17) is 4.42 Å². The predicted octanol–water partition coefficient (Wildman–Crippen LogP) is 2.90. The first-order chi connectivity index (χ1) is 14.9. The van der Waals surface area contributed by atoms with Gasteiger partial charge in [0.25, 0.3) is 11.8 Å². The molecule has 0 atom stereocenters. The van der Waals surface area contributed by atoms with Crippen LogP contribution in [-0.2, 0) is 16.6 Å². The SMILES string of the molecule is O=C(Nc1cccc(C(=O)NC2CC2)c1)c1ccc(S(=O)(=O)NCc2ccco2)cc1. The van der Waals surface area contributed by atoms with E-state index in [1.165, 1.54) is 30.5 Å². The summed E-state index contributed by atoms with van der Waals surface area (Å²) in [7, 11) is -3.74. The molecule has 1 aliphatic carbocycles. The number of carbonyl (C=O) groups is 2. The molecule has 1 aliphatic rings. The number of rotatable bonds is 8. The van der Waals surface area contributed by atoms with Crippen molar-refractivity contribution >= 4 is 27.5 Å². The molecule has 8 nitrogen and oxygen atoms in total. The summed E-state index contributed by atoms with van der Waals surface area (Å²) < 4.78 is 32.3. The summed E-state index contributed by atoms with van der Waals surface area (Å²) in [6.07, 6.45) is 3.45. The molecule has 1 heterocycles. The maximum absolute atomic E-state index is 12.5. The number of nitrogens with one attached hydrogen (secondary N) is 3. The van der Waals surface area contributed by atoms with Crippen LogP contribution in [0.15, 0.2) is 76.2 Å². The minimum atomic E-state index is -3.74. The van der Waals surface area contributed by atoms with Crippen LogP contribution in [0, 0.1) is 0 Å². The van der Waals surface area contributed by atoms with Crippen LogP contribution in [0.4, 0.5) is 5.69 Å². The number of carbonyl (C=O) groups excluding carboxylic acids is 2. The molecule has 0 radical (unpaired) electrons. The van der Waals surface area contributed by atoms with Crippen molar-refractivity contribution in [1.29, 1.82) is 0 Å². The van der Waals surface area contributed by atoms with Gasteiger partial charge in [0.2, 0.25) is 10.0 Å². The molecule has 2 amide bonds. The van der Waals surface area contributed by atoms with Gasteiger partial charge >= 0.3 is 0 Å². The summed E-state index contributed by atoms with van der Waals surface area (Å²) in [4.78, 5) is 24.7. The van der Waals surface area contributed by atoms with Crippen LogP contribution in [0.3, 0.4) is 0 Å². The first kappa shape index (κ1) is 20.8. The van der Waals surface area contributed by atoms with Crippen molar-refractivity contribution < 1.29 is 22.4 Å². The minimum Gasteiger partial charge on any atom is -0.468 e. The van der Waals surface area contributed by atoms with E-state index in [2.05, 4.69) is 15.4 Å². The number of hydrogen-bond acceptors (Lipinski definition) is 5. The lowest BCUT2D eigenvalue weighted by Crippen LogP contribution is -2.25. The Kier molecular flexibility index (Phi) is 5.88. The fourth-order valence-corrected chi connectivity index (χ4v) is 3.88. The summed E-state index contributed by atoms with van der Waals surface area (Å²) in [5.74, 6) is -0.0879. The lowest BCUT2D eigenvalue weighted by atomic mass is 10.1. The summed E-state index contributed by atoms with van der Waals surface area (Å²) in [6.45, 7) is 0.0300. The second kappa shape index (κ2) is 8.75. The summed E-state index contributed by atoms with van der Waals surface area (Å²) in [6, 6.07) is 15.8. The predicted molar refractivity (Wildman–Crippen MR) is 114 cm³/mol. The zero-order valence-electron chi connectivity index (χ0n) is 16.5. The third kappa shape index (κ3) is 5.39. The monoisotopic (exact) mass is 439 g/mol. The lowest BCUT2D eigenvalue weighted by molar-refractivity contribution is 0.0949. The van der Waals surface area contributed by atoms with Gasteiger partial charge < -0.3 is 15.1 Å². The van der Waals surface area contributed by atoms with Crippen LogP contribution in [0.25, 0.3) is 0 Å². The molecule has 31 heavy (non-hydrogen) atoms. The number of anilines is 1. The average molecular weight is 439 g/mol. The van der Waals surface area contributed by atoms with E-state index in [0.717, 1.165) is 12.8 Å². The molecule has 9 heteroatoms. The molecule has 1 saturated carbocycles. The third-order valence-electron chi connectivity index (χ3n) is 4.74. The number of sulfonamides is 1. The van der Waals surface area contributed by atoms with Gasteiger partial charge in [-0.3, -0.25) is 9.59 Å². The molecule has 1 fully saturated rings. The normalized spacial score (nSPS) is 13.5. The van der Waals surface area contributed by atoms with E-state index in [1.54, 1.807) is 36.4 Å². The fraction of sp³-hybridized carbons (Fsp3) is 0.182. The molecule has 0 aliphatic heterocycles. The van der Waals surface area contributed by atoms with Gasteiger partial charge in [0, 0.05) is 22.9 Å². The highest BCUT2D eigenvalue weighted by Gasteiger charge is 2.24. The van der Waals surface area contributed by atoms with Gasteiger partial charge in [0.15, 0.2) is 0 Å². The quantitative estimate of drug-likeness (QED) is 0.499. The van der Waals surface area contributed by atoms with Gasteiger partial charge in [-0.2, -0.15) is 0 Å². The topological polar surface area (TPSA) is 118 Å². The van der Waals surface area contributed by atoms with Crippen molar-refractivity contribution in [3.8, 4) is 0 Å². The van der Waals surface area contributed by atoms with Crippen molar-refractivity contribution in [3.05, 3.63) is 83.8 Å². The highest BCUT2D eigenvalue weighted by Crippen LogP contribution is 2.20. The van der Waals surface area contributed by atoms with Crippen molar-refractivity contribution in [3.63, 3.8) is 0 Å². The van der Waals surface area contributed by atoms with E-state index < -0.39 is 15.9 Å². The maximum atomic E-state index is 12.5. The van der Waals surface area contributed by atoms with Crippen LogP contribution in [-0.4, -0.2) is 26.3 Å². The molecule has 3 N–H and O–H groups in total. The second-order valence-corrected chi connectivity index (χ2v) is 8.98. The van der Waals surface area contributed by atoms with Crippen molar-refractivity contribution in [1.82, 2.24) is 10.0 Å². The van der Waals surface area contributed by atoms with E-state index >= 15 is 0 Å². The van der Waals surface area contributed by atoms with Crippen molar-refractivity contribution in [2.75, 3.05) is 5.32 Å². The summed E-state index contributed by atoms with van der Waals surface area (Å²) >= 11 is 0. The number of benzene rings is 2. The van der Waals surface area contributed by atoms with Crippen LogP contribution < -0.4 is 15.4 Å². The van der Waals surface area contributed by atoms with E-state index in [1.807, 2.05) is 0 Å². The van der Waals surface area contributed by atoms with Gasteiger partial charge in [0.05, 0.1) is 17.7 Å². The lowest BCUT2D eigenvalue weighted by Gasteiger charge is -2.09. The largest absolute Gasteiger partial charge is 0.468 e. The molecule has 1 aromatic heterocycles. The average Bonchev–Trinajstić information content (AvgIpc) is 3.42. The van der Waals surface area contributed by atoms with E-state index in [-0.39, 0.29) is 29.0 Å². The Balaban J connectivity index is 1.39. The Morgan fingerprint density at radius 2 is 1.71 bits per heavy atom. The number of amides is 2. The number of furan rings is 1. The third-order valence-corrected chi connectivity index (χ3v) is 6.16. The Morgan fingerprint density at radius 3 is 2.39 bits per heavy atom. The van der Waals surface area contributed by atoms with Gasteiger partial charge in [-0.05, 0) is 67.4 Å². The highest BCUT2D eigenvalue weighted by molar-refractivity contribution is 7.89. The molecular formula is C22H21N3O5S. The van der Waals surface area contributed by atoms with Gasteiger partial charge in [-0.25, -0.2) is 13.1 Å². The first-order valence-electron chi connectivity index (χ1n) is 9.75. The standard InChI is InChI=1S/C22H21N3O5S/c26-21(25-18-4-1-3-16(13-18)22(27)24-17-8-9-17)15-6-10-20(11-7-15)31(28,29)23-14-19-5-2-12-30-19/h1-7,10-13,17,23H,8-9,14H2,(H,24,27)(H,25,26). The molecule has 0 unspecified atom stereocenters. The summed E-state index contributed by atoms with van der Waals surface area (Å²) in [5.41, 5.74) is 1.23. The second-order valence-electron chi connectivity index (χ2n) is 7.21. The van der Waals surface area contributed by atoms with Crippen LogP contribution in [0.1, 0.15) is 39.3 Å². The van der Waals surface area contributed by atoms with E-state index in [9.17, 15) is 18.0 Å². The zero-order chi connectivity index (χ0) is 21.8. The molecule has 0 bridgehead atoms. The maximum Gasteiger partial charge on any atom is 0.255 e. The van der Waals surface area contributed by atoms with Crippen LogP contribution >= 0.6 is 0 Å². The van der Waals surface area contributed by atoms with Crippen LogP contribution in [0.2, 0.25) is 0 Å². The fourth-order valence-electron chi connectivity index (χ4n) is 2.89. The molecule has 4 rings (SSSR count). The molecule has 0 spiro atoms. The minimum absolute atomic E-state index is 0.0300. The van der Waals surface area contributed by atoms with Crippen molar-refractivity contribution in [2.24, 2.45) is 0 Å². The van der Waals surface area contributed by atoms with Crippen LogP contribution in [0.5, 0.6) is 0 Å². The van der Waals surface area contributed by atoms with Gasteiger partial charge in [-0.15, -0.1) is 0 Å². The van der Waals surface area contributed by atoms with Crippen molar-refractivity contribution in [2.45, 2.75) is 30.3 Å². The first-order valence-corrected chi connectivity index (χ1v) is 11.2. The number of hydrogen-bond donors (Lipinski definition) is 3. The highest BCUT2D eigenvalue weighted by atomic mass is 32.2. The smallest absolute Gasteiger partial charge is 0.255 e. The molecular weight excluding hydrogens is 418 g/mol. The van der Waals surface area contributed by atoms with E-state index in [0.29, 0.717) is 17.0 Å². The Bertz CT molecular complexity index is 1180. The van der Waals surface area contributed by atoms with Gasteiger partial charge in [0.1, 0.15) is 5.76 Å². The molecule has 0 saturated heterocycles.